The summed E-state index contributed by atoms with van der Waals surface area (Å²) < 4.78 is 14.7. The number of benzene rings is 2. The Morgan fingerprint density at radius 3 is 2.42 bits per heavy atom. The minimum atomic E-state index is -0.310. The number of carbonyl (C=O) groups is 1. The van der Waals surface area contributed by atoms with Crippen molar-refractivity contribution in [3.8, 4) is 5.69 Å². The molecule has 3 aromatic rings. The van der Waals surface area contributed by atoms with E-state index in [0.717, 1.165) is 10.6 Å². The molecule has 122 valence electrons. The molecule has 0 aliphatic carbocycles. The van der Waals surface area contributed by atoms with E-state index < -0.39 is 0 Å². The first-order chi connectivity index (χ1) is 11.6. The molecule has 1 aromatic heterocycles. The van der Waals surface area contributed by atoms with E-state index in [4.69, 9.17) is 0 Å². The largest absolute Gasteiger partial charge is 0.322 e. The minimum Gasteiger partial charge on any atom is -0.322 e. The quantitative estimate of drug-likeness (QED) is 0.720. The molecular formula is C18H16FN3OS. The van der Waals surface area contributed by atoms with Gasteiger partial charge in [-0.1, -0.05) is 0 Å². The molecule has 2 aromatic carbocycles. The molecule has 1 heterocycles. The van der Waals surface area contributed by atoms with Crippen molar-refractivity contribution < 1.29 is 9.18 Å². The SMILES string of the molecule is CSc1ccc(NC(=O)c2cnn(-c3ccc(F)cc3)c2C)cc1. The highest BCUT2D eigenvalue weighted by atomic mass is 32.2. The van der Waals surface area contributed by atoms with Gasteiger partial charge in [0.25, 0.3) is 5.91 Å². The third kappa shape index (κ3) is 3.33. The van der Waals surface area contributed by atoms with Crippen molar-refractivity contribution in [3.05, 3.63) is 71.8 Å². The fourth-order valence-electron chi connectivity index (χ4n) is 2.35. The van der Waals surface area contributed by atoms with Gasteiger partial charge in [0.1, 0.15) is 5.82 Å². The van der Waals surface area contributed by atoms with E-state index >= 15 is 0 Å². The van der Waals surface area contributed by atoms with Crippen LogP contribution in [0.15, 0.2) is 59.6 Å². The Balaban J connectivity index is 1.81. The maximum atomic E-state index is 13.0. The average molecular weight is 341 g/mol. The number of hydrogen-bond donors (Lipinski definition) is 1. The molecule has 0 saturated heterocycles. The van der Waals surface area contributed by atoms with Crippen LogP contribution in [0.2, 0.25) is 0 Å². The molecule has 0 saturated carbocycles. The van der Waals surface area contributed by atoms with Crippen LogP contribution >= 0.6 is 11.8 Å². The highest BCUT2D eigenvalue weighted by molar-refractivity contribution is 7.98. The van der Waals surface area contributed by atoms with Crippen molar-refractivity contribution in [2.75, 3.05) is 11.6 Å². The topological polar surface area (TPSA) is 46.9 Å². The molecule has 4 nitrogen and oxygen atoms in total. The number of nitrogens with one attached hydrogen (secondary N) is 1. The molecule has 0 atom stereocenters. The van der Waals surface area contributed by atoms with Gasteiger partial charge in [-0.3, -0.25) is 4.79 Å². The van der Waals surface area contributed by atoms with Crippen molar-refractivity contribution in [1.29, 1.82) is 0 Å². The normalized spacial score (nSPS) is 10.6. The number of aromatic nitrogens is 2. The van der Waals surface area contributed by atoms with Gasteiger partial charge < -0.3 is 5.32 Å². The highest BCUT2D eigenvalue weighted by Crippen LogP contribution is 2.19. The molecule has 1 N–H and O–H groups in total. The lowest BCUT2D eigenvalue weighted by Crippen LogP contribution is -2.13. The summed E-state index contributed by atoms with van der Waals surface area (Å²) in [6, 6.07) is 13.6. The molecule has 0 spiro atoms. The minimum absolute atomic E-state index is 0.224. The summed E-state index contributed by atoms with van der Waals surface area (Å²) in [4.78, 5) is 13.6. The fourth-order valence-corrected chi connectivity index (χ4v) is 2.76. The standard InChI is InChI=1S/C18H16FN3OS/c1-12-17(11-20-22(12)15-7-3-13(19)4-8-15)18(23)21-14-5-9-16(24-2)10-6-14/h3-11H,1-2H3,(H,21,23). The molecule has 3 rings (SSSR count). The highest BCUT2D eigenvalue weighted by Gasteiger charge is 2.15. The third-order valence-electron chi connectivity index (χ3n) is 3.67. The van der Waals surface area contributed by atoms with Gasteiger partial charge >= 0.3 is 0 Å². The maximum Gasteiger partial charge on any atom is 0.259 e. The molecule has 0 aliphatic heterocycles. The first-order valence-electron chi connectivity index (χ1n) is 7.34. The molecule has 0 aliphatic rings. The van der Waals surface area contributed by atoms with Crippen LogP contribution in [-0.2, 0) is 0 Å². The smallest absolute Gasteiger partial charge is 0.259 e. The molecular weight excluding hydrogens is 325 g/mol. The maximum absolute atomic E-state index is 13.0. The Kier molecular flexibility index (Phi) is 4.66. The van der Waals surface area contributed by atoms with Gasteiger partial charge in [-0.2, -0.15) is 5.10 Å². The summed E-state index contributed by atoms with van der Waals surface area (Å²) in [6.07, 6.45) is 3.52. The second-order valence-electron chi connectivity index (χ2n) is 5.21. The Hall–Kier alpha value is -2.60. The predicted octanol–water partition coefficient (Wildman–Crippen LogP) is 4.29. The van der Waals surface area contributed by atoms with Gasteiger partial charge in [-0.25, -0.2) is 9.07 Å². The van der Waals surface area contributed by atoms with Gasteiger partial charge in [-0.05, 0) is 61.7 Å². The number of nitrogens with zero attached hydrogens (tertiary/aromatic N) is 2. The van der Waals surface area contributed by atoms with E-state index in [2.05, 4.69) is 10.4 Å². The van der Waals surface area contributed by atoms with E-state index in [1.165, 1.54) is 18.3 Å². The molecule has 1 amide bonds. The summed E-state index contributed by atoms with van der Waals surface area (Å²) in [5.74, 6) is -0.534. The summed E-state index contributed by atoms with van der Waals surface area (Å²) in [5.41, 5.74) is 2.61. The van der Waals surface area contributed by atoms with Crippen LogP contribution in [0.1, 0.15) is 16.1 Å². The zero-order chi connectivity index (χ0) is 17.1. The molecule has 6 heteroatoms. The first-order valence-corrected chi connectivity index (χ1v) is 8.57. The second-order valence-corrected chi connectivity index (χ2v) is 6.09. The van der Waals surface area contributed by atoms with E-state index in [1.807, 2.05) is 37.4 Å². The molecule has 0 fully saturated rings. The Labute approximate surface area is 143 Å². The number of thioether (sulfide) groups is 1. The summed E-state index contributed by atoms with van der Waals surface area (Å²) in [5, 5.41) is 7.10. The molecule has 0 radical (unpaired) electrons. The average Bonchev–Trinajstić information content (AvgIpc) is 2.98. The monoisotopic (exact) mass is 341 g/mol. The van der Waals surface area contributed by atoms with Gasteiger partial charge in [0.15, 0.2) is 0 Å². The Bertz CT molecular complexity index is 857. The number of carbonyl (C=O) groups excluding carboxylic acids is 1. The van der Waals surface area contributed by atoms with Gasteiger partial charge in [-0.15, -0.1) is 11.8 Å². The lowest BCUT2D eigenvalue weighted by molar-refractivity contribution is 0.102. The van der Waals surface area contributed by atoms with Gasteiger partial charge in [0, 0.05) is 10.6 Å². The summed E-state index contributed by atoms with van der Waals surface area (Å²) in [6.45, 7) is 1.81. The Morgan fingerprint density at radius 2 is 1.79 bits per heavy atom. The summed E-state index contributed by atoms with van der Waals surface area (Å²) >= 11 is 1.64. The van der Waals surface area contributed by atoms with Crippen molar-refractivity contribution in [2.45, 2.75) is 11.8 Å². The third-order valence-corrected chi connectivity index (χ3v) is 4.42. The number of amides is 1. The van der Waals surface area contributed by atoms with Crippen LogP contribution in [0.3, 0.4) is 0 Å². The van der Waals surface area contributed by atoms with Crippen molar-refractivity contribution in [2.24, 2.45) is 0 Å². The number of rotatable bonds is 4. The van der Waals surface area contributed by atoms with Crippen molar-refractivity contribution in [1.82, 2.24) is 9.78 Å². The predicted molar refractivity (Wildman–Crippen MR) is 94.4 cm³/mol. The number of hydrogen-bond acceptors (Lipinski definition) is 3. The molecule has 0 bridgehead atoms. The van der Waals surface area contributed by atoms with Crippen LogP contribution in [0.5, 0.6) is 0 Å². The van der Waals surface area contributed by atoms with Crippen LogP contribution < -0.4 is 5.32 Å². The van der Waals surface area contributed by atoms with Crippen LogP contribution in [0.4, 0.5) is 10.1 Å². The lowest BCUT2D eigenvalue weighted by Gasteiger charge is -2.07. The zero-order valence-corrected chi connectivity index (χ0v) is 14.1. The fraction of sp³-hybridized carbons (Fsp3) is 0.111. The van der Waals surface area contributed by atoms with E-state index in [1.54, 1.807) is 28.6 Å². The van der Waals surface area contributed by atoms with E-state index in [9.17, 15) is 9.18 Å². The van der Waals surface area contributed by atoms with E-state index in [-0.39, 0.29) is 11.7 Å². The van der Waals surface area contributed by atoms with Crippen molar-refractivity contribution in [3.63, 3.8) is 0 Å². The van der Waals surface area contributed by atoms with Crippen LogP contribution in [0.25, 0.3) is 5.69 Å². The zero-order valence-electron chi connectivity index (χ0n) is 13.3. The molecule has 0 unspecified atom stereocenters. The van der Waals surface area contributed by atoms with Crippen LogP contribution in [-0.4, -0.2) is 21.9 Å². The number of anilines is 1. The Morgan fingerprint density at radius 1 is 1.12 bits per heavy atom. The first kappa shape index (κ1) is 16.3. The summed E-state index contributed by atoms with van der Waals surface area (Å²) in [7, 11) is 0. The lowest BCUT2D eigenvalue weighted by atomic mass is 10.2. The van der Waals surface area contributed by atoms with Gasteiger partial charge in [0.05, 0.1) is 23.1 Å². The van der Waals surface area contributed by atoms with Crippen molar-refractivity contribution >= 4 is 23.4 Å². The van der Waals surface area contributed by atoms with Crippen LogP contribution in [0, 0.1) is 12.7 Å². The molecule has 24 heavy (non-hydrogen) atoms. The van der Waals surface area contributed by atoms with Gasteiger partial charge in [0.2, 0.25) is 0 Å². The second kappa shape index (κ2) is 6.88. The van der Waals surface area contributed by atoms with E-state index in [0.29, 0.717) is 16.9 Å². The number of halogens is 1.